The van der Waals surface area contributed by atoms with Crippen LogP contribution in [0, 0.1) is 0 Å². The van der Waals surface area contributed by atoms with Crippen molar-refractivity contribution in [3.8, 4) is 5.75 Å². The molecule has 0 radical (unpaired) electrons. The van der Waals surface area contributed by atoms with Gasteiger partial charge in [0.2, 0.25) is 10.0 Å². The SMILES string of the molecule is COc1ccc2c(c1)C(=O)N(C[C@@]1(c3cncc(NS(C)(=O)=O)c3)NC(=O)NC1=O)C2. The van der Waals surface area contributed by atoms with E-state index in [1.54, 1.807) is 18.2 Å². The van der Waals surface area contributed by atoms with Crippen LogP contribution in [0.4, 0.5) is 10.5 Å². The number of urea groups is 1. The molecular weight excluding hydrogens is 426 g/mol. The number of aromatic nitrogens is 1. The van der Waals surface area contributed by atoms with Gasteiger partial charge in [0, 0.05) is 23.9 Å². The van der Waals surface area contributed by atoms with Crippen LogP contribution in [0.1, 0.15) is 21.5 Å². The highest BCUT2D eigenvalue weighted by Crippen LogP contribution is 2.33. The number of sulfonamides is 1. The summed E-state index contributed by atoms with van der Waals surface area (Å²) in [6.45, 7) is 0.0577. The van der Waals surface area contributed by atoms with E-state index in [9.17, 15) is 22.8 Å². The van der Waals surface area contributed by atoms with E-state index in [1.807, 2.05) is 0 Å². The topological polar surface area (TPSA) is 147 Å². The number of rotatable bonds is 6. The van der Waals surface area contributed by atoms with Crippen LogP contribution in [0.2, 0.25) is 0 Å². The zero-order valence-electron chi connectivity index (χ0n) is 16.6. The van der Waals surface area contributed by atoms with E-state index in [2.05, 4.69) is 20.3 Å². The molecule has 31 heavy (non-hydrogen) atoms. The molecule has 2 aromatic rings. The van der Waals surface area contributed by atoms with Crippen molar-refractivity contribution in [2.75, 3.05) is 24.6 Å². The van der Waals surface area contributed by atoms with Crippen LogP contribution in [-0.4, -0.2) is 56.1 Å². The first-order valence-electron chi connectivity index (χ1n) is 9.14. The number of hydrogen-bond donors (Lipinski definition) is 3. The van der Waals surface area contributed by atoms with Gasteiger partial charge < -0.3 is 15.0 Å². The lowest BCUT2D eigenvalue weighted by Gasteiger charge is -2.31. The molecule has 0 spiro atoms. The molecule has 0 bridgehead atoms. The van der Waals surface area contributed by atoms with Gasteiger partial charge in [-0.2, -0.15) is 0 Å². The number of ether oxygens (including phenoxy) is 1. The van der Waals surface area contributed by atoms with Crippen LogP contribution in [-0.2, 0) is 26.9 Å². The number of imide groups is 1. The van der Waals surface area contributed by atoms with Crippen LogP contribution in [0.15, 0.2) is 36.7 Å². The lowest BCUT2D eigenvalue weighted by molar-refractivity contribution is -0.124. The van der Waals surface area contributed by atoms with E-state index < -0.39 is 27.5 Å². The Labute approximate surface area is 177 Å². The smallest absolute Gasteiger partial charge is 0.322 e. The average Bonchev–Trinajstić information content (AvgIpc) is 3.16. The van der Waals surface area contributed by atoms with Gasteiger partial charge in [-0.15, -0.1) is 0 Å². The van der Waals surface area contributed by atoms with Crippen molar-refractivity contribution in [3.63, 3.8) is 0 Å². The van der Waals surface area contributed by atoms with Gasteiger partial charge in [0.25, 0.3) is 11.8 Å². The van der Waals surface area contributed by atoms with Crippen LogP contribution in [0.5, 0.6) is 5.75 Å². The summed E-state index contributed by atoms with van der Waals surface area (Å²) in [5.41, 5.74) is -0.0813. The number of carbonyl (C=O) groups is 3. The Balaban J connectivity index is 1.71. The Morgan fingerprint density at radius 3 is 2.65 bits per heavy atom. The van der Waals surface area contributed by atoms with Crippen molar-refractivity contribution < 1.29 is 27.5 Å². The molecule has 3 N–H and O–H groups in total. The number of amides is 4. The molecule has 4 amide bonds. The summed E-state index contributed by atoms with van der Waals surface area (Å²) >= 11 is 0. The van der Waals surface area contributed by atoms with Gasteiger partial charge in [0.15, 0.2) is 5.54 Å². The lowest BCUT2D eigenvalue weighted by Crippen LogP contribution is -2.52. The maximum atomic E-state index is 13.0. The fraction of sp³-hybridized carbons (Fsp3) is 0.263. The molecule has 2 aliphatic rings. The standard InChI is InChI=1S/C19H19N5O6S/c1-30-14-4-3-11-9-24(16(25)15(11)6-14)10-19(17(26)21-18(27)22-19)12-5-13(8-20-7-12)23-31(2,28)29/h3-8,23H,9-10H2,1-2H3,(H2,21,22,26,27)/t19-/m0/s1. The second-order valence-electron chi connectivity index (χ2n) is 7.33. The lowest BCUT2D eigenvalue weighted by atomic mass is 9.90. The molecule has 2 aliphatic heterocycles. The van der Waals surface area contributed by atoms with Gasteiger partial charge in [-0.1, -0.05) is 6.07 Å². The number of nitrogens with one attached hydrogen (secondary N) is 3. The largest absolute Gasteiger partial charge is 0.497 e. The van der Waals surface area contributed by atoms with E-state index in [1.165, 1.54) is 30.5 Å². The number of methoxy groups -OCH3 is 1. The summed E-state index contributed by atoms with van der Waals surface area (Å²) in [6.07, 6.45) is 3.60. The Morgan fingerprint density at radius 1 is 1.23 bits per heavy atom. The van der Waals surface area contributed by atoms with Crippen LogP contribution < -0.4 is 20.1 Å². The van der Waals surface area contributed by atoms with Crippen LogP contribution in [0.3, 0.4) is 0 Å². The van der Waals surface area contributed by atoms with Gasteiger partial charge in [-0.3, -0.25) is 24.6 Å². The number of hydrogen-bond acceptors (Lipinski definition) is 7. The maximum absolute atomic E-state index is 13.0. The third-order valence-electron chi connectivity index (χ3n) is 5.10. The molecular formula is C19H19N5O6S. The van der Waals surface area contributed by atoms with Crippen molar-refractivity contribution >= 4 is 33.6 Å². The Morgan fingerprint density at radius 2 is 2.00 bits per heavy atom. The van der Waals surface area contributed by atoms with Crippen molar-refractivity contribution in [1.82, 2.24) is 20.5 Å². The molecule has 12 heteroatoms. The second-order valence-corrected chi connectivity index (χ2v) is 9.08. The summed E-state index contributed by atoms with van der Waals surface area (Å²) in [7, 11) is -2.09. The molecule has 11 nitrogen and oxygen atoms in total. The second kappa shape index (κ2) is 7.23. The summed E-state index contributed by atoms with van der Waals surface area (Å²) in [4.78, 5) is 43.3. The van der Waals surface area contributed by atoms with Gasteiger partial charge in [-0.05, 0) is 23.8 Å². The Kier molecular flexibility index (Phi) is 4.81. The normalized spacial score (nSPS) is 20.3. The number of benzene rings is 1. The third-order valence-corrected chi connectivity index (χ3v) is 5.71. The van der Waals surface area contributed by atoms with Gasteiger partial charge in [0.1, 0.15) is 5.75 Å². The molecule has 0 saturated carbocycles. The minimum atomic E-state index is -3.59. The molecule has 1 aromatic heterocycles. The molecule has 162 valence electrons. The number of nitrogens with zero attached hydrogens (tertiary/aromatic N) is 2. The van der Waals surface area contributed by atoms with E-state index in [4.69, 9.17) is 4.74 Å². The highest BCUT2D eigenvalue weighted by Gasteiger charge is 2.50. The summed E-state index contributed by atoms with van der Waals surface area (Å²) in [5, 5.41) is 4.77. The van der Waals surface area contributed by atoms with Crippen molar-refractivity contribution in [2.24, 2.45) is 0 Å². The number of pyridine rings is 1. The van der Waals surface area contributed by atoms with Gasteiger partial charge >= 0.3 is 6.03 Å². The quantitative estimate of drug-likeness (QED) is 0.537. The predicted octanol–water partition coefficient (Wildman–Crippen LogP) is 0.152. The zero-order chi connectivity index (χ0) is 22.4. The summed E-state index contributed by atoms with van der Waals surface area (Å²) in [5.74, 6) is -0.461. The fourth-order valence-electron chi connectivity index (χ4n) is 3.72. The summed E-state index contributed by atoms with van der Waals surface area (Å²) < 4.78 is 30.6. The Hall–Kier alpha value is -3.67. The molecule has 1 saturated heterocycles. The average molecular weight is 445 g/mol. The van der Waals surface area contributed by atoms with Crippen molar-refractivity contribution in [1.29, 1.82) is 0 Å². The molecule has 1 fully saturated rings. The first kappa shape index (κ1) is 20.6. The molecule has 4 rings (SSSR count). The fourth-order valence-corrected chi connectivity index (χ4v) is 4.26. The first-order chi connectivity index (χ1) is 14.6. The number of fused-ring (bicyclic) bond motifs is 1. The van der Waals surface area contributed by atoms with E-state index in [0.717, 1.165) is 11.8 Å². The molecule has 3 heterocycles. The van der Waals surface area contributed by atoms with E-state index in [-0.39, 0.29) is 30.2 Å². The van der Waals surface area contributed by atoms with Gasteiger partial charge in [-0.25, -0.2) is 13.2 Å². The Bertz CT molecular complexity index is 1210. The van der Waals surface area contributed by atoms with Crippen molar-refractivity contribution in [3.05, 3.63) is 53.3 Å². The predicted molar refractivity (Wildman–Crippen MR) is 109 cm³/mol. The zero-order valence-corrected chi connectivity index (χ0v) is 17.4. The van der Waals surface area contributed by atoms with Gasteiger partial charge in [0.05, 0.1) is 31.8 Å². The first-order valence-corrected chi connectivity index (χ1v) is 11.0. The van der Waals surface area contributed by atoms with E-state index in [0.29, 0.717) is 11.3 Å². The van der Waals surface area contributed by atoms with Crippen molar-refractivity contribution in [2.45, 2.75) is 12.1 Å². The molecule has 0 aliphatic carbocycles. The molecule has 0 unspecified atom stereocenters. The minimum Gasteiger partial charge on any atom is -0.497 e. The monoisotopic (exact) mass is 445 g/mol. The summed E-state index contributed by atoms with van der Waals surface area (Å²) in [6, 6.07) is 5.80. The van der Waals surface area contributed by atoms with Crippen LogP contribution >= 0.6 is 0 Å². The highest BCUT2D eigenvalue weighted by molar-refractivity contribution is 7.92. The maximum Gasteiger partial charge on any atom is 0.322 e. The van der Waals surface area contributed by atoms with E-state index >= 15 is 0 Å². The minimum absolute atomic E-state index is 0.120. The molecule has 1 aromatic carbocycles. The number of carbonyl (C=O) groups excluding carboxylic acids is 3. The molecule has 1 atom stereocenters. The highest BCUT2D eigenvalue weighted by atomic mass is 32.2. The van der Waals surface area contributed by atoms with Crippen LogP contribution in [0.25, 0.3) is 0 Å². The third kappa shape index (κ3) is 3.77. The number of anilines is 1.